The third-order valence-corrected chi connectivity index (χ3v) is 5.85. The fourth-order valence-electron chi connectivity index (χ4n) is 4.96. The maximum absolute atomic E-state index is 12.0. The summed E-state index contributed by atoms with van der Waals surface area (Å²) in [7, 11) is 0. The van der Waals surface area contributed by atoms with Crippen LogP contribution in [0.15, 0.2) is 24.3 Å². The van der Waals surface area contributed by atoms with E-state index < -0.39 is 34.3 Å². The molecule has 0 saturated heterocycles. The van der Waals surface area contributed by atoms with E-state index in [1.165, 1.54) is 0 Å². The summed E-state index contributed by atoms with van der Waals surface area (Å²) >= 11 is 0. The van der Waals surface area contributed by atoms with Gasteiger partial charge in [0.05, 0.1) is 5.41 Å². The minimum atomic E-state index is -2.17. The quantitative estimate of drug-likeness (QED) is 0.778. The Morgan fingerprint density at radius 3 is 2.18 bits per heavy atom. The molecule has 3 N–H and O–H groups in total. The summed E-state index contributed by atoms with van der Waals surface area (Å²) < 4.78 is 0. The zero-order valence-corrected chi connectivity index (χ0v) is 12.7. The Hall–Kier alpha value is -1.88. The van der Waals surface area contributed by atoms with Crippen molar-refractivity contribution in [2.45, 2.75) is 44.1 Å². The highest BCUT2D eigenvalue weighted by molar-refractivity contribution is 5.86. The summed E-state index contributed by atoms with van der Waals surface area (Å²) in [5.41, 5.74) is -3.01. The van der Waals surface area contributed by atoms with Crippen LogP contribution in [0.3, 0.4) is 0 Å². The van der Waals surface area contributed by atoms with Gasteiger partial charge in [0.15, 0.2) is 5.60 Å². The van der Waals surface area contributed by atoms with E-state index in [-0.39, 0.29) is 0 Å². The molecule has 118 valence electrons. The predicted octanol–water partition coefficient (Wildman–Crippen LogP) is 2.12. The molecule has 1 aromatic carbocycles. The highest BCUT2D eigenvalue weighted by Crippen LogP contribution is 2.64. The molecule has 4 atom stereocenters. The smallest absolute Gasteiger partial charge is 0.340 e. The van der Waals surface area contributed by atoms with Gasteiger partial charge in [-0.2, -0.15) is 0 Å². The summed E-state index contributed by atoms with van der Waals surface area (Å²) in [5.74, 6) is -3.31. The van der Waals surface area contributed by atoms with Crippen LogP contribution in [0.25, 0.3) is 0 Å². The lowest BCUT2D eigenvalue weighted by atomic mass is 9.53. The minimum absolute atomic E-state index is 0.337. The molecule has 0 heterocycles. The molecule has 0 unspecified atom stereocenters. The number of carbonyl (C=O) groups is 2. The maximum atomic E-state index is 12.0. The molecule has 2 aliphatic carbocycles. The van der Waals surface area contributed by atoms with Crippen molar-refractivity contribution in [3.8, 4) is 0 Å². The summed E-state index contributed by atoms with van der Waals surface area (Å²) in [6, 6.07) is 6.92. The van der Waals surface area contributed by atoms with Crippen LogP contribution in [0.2, 0.25) is 0 Å². The normalized spacial score (nSPS) is 39.9. The average Bonchev–Trinajstić information content (AvgIpc) is 2.67. The summed E-state index contributed by atoms with van der Waals surface area (Å²) in [4.78, 5) is 23.9. The predicted molar refractivity (Wildman–Crippen MR) is 78.4 cm³/mol. The maximum Gasteiger partial charge on any atom is 0.340 e. The first kappa shape index (κ1) is 15.0. The van der Waals surface area contributed by atoms with Gasteiger partial charge in [0.25, 0.3) is 0 Å². The lowest BCUT2D eigenvalue weighted by Crippen LogP contribution is -2.57. The Morgan fingerprint density at radius 2 is 1.64 bits per heavy atom. The molecule has 1 aromatic rings. The highest BCUT2D eigenvalue weighted by Gasteiger charge is 2.69. The molecule has 1 saturated carbocycles. The molecular formula is C17H20O5. The Morgan fingerprint density at radius 1 is 1.05 bits per heavy atom. The number of fused-ring (bicyclic) bond motifs is 3. The first-order valence-electron chi connectivity index (χ1n) is 7.48. The number of hydrogen-bond donors (Lipinski definition) is 3. The van der Waals surface area contributed by atoms with Gasteiger partial charge in [-0.1, -0.05) is 37.6 Å². The van der Waals surface area contributed by atoms with Gasteiger partial charge in [0.1, 0.15) is 0 Å². The molecule has 2 aliphatic rings. The van der Waals surface area contributed by atoms with E-state index in [0.717, 1.165) is 5.56 Å². The Balaban J connectivity index is 2.35. The number of carboxylic acid groups (broad SMARTS) is 2. The van der Waals surface area contributed by atoms with E-state index in [9.17, 15) is 24.9 Å². The zero-order chi connectivity index (χ0) is 16.3. The first-order chi connectivity index (χ1) is 10.2. The molecule has 0 bridgehead atoms. The van der Waals surface area contributed by atoms with Gasteiger partial charge in [0, 0.05) is 11.3 Å². The van der Waals surface area contributed by atoms with Gasteiger partial charge in [-0.05, 0) is 30.9 Å². The van der Waals surface area contributed by atoms with Crippen LogP contribution >= 0.6 is 0 Å². The Kier molecular flexibility index (Phi) is 2.95. The van der Waals surface area contributed by atoms with Crippen molar-refractivity contribution in [3.05, 3.63) is 35.4 Å². The fraction of sp³-hybridized carbons (Fsp3) is 0.529. The standard InChI is InChI=1S/C17H20O5/c1-15-8-5-9-16(2,13(18)19)12(15)17(22,14(20)21)11-7-4-3-6-10(11)15/h3-4,6-7,12,22H,5,8-9H2,1-2H3,(H,18,19)(H,20,21)/t12-,15+,16-,17-/m1/s1. The van der Waals surface area contributed by atoms with Crippen molar-refractivity contribution in [1.29, 1.82) is 0 Å². The molecule has 1 fully saturated rings. The monoisotopic (exact) mass is 304 g/mol. The van der Waals surface area contributed by atoms with Crippen molar-refractivity contribution in [1.82, 2.24) is 0 Å². The van der Waals surface area contributed by atoms with Crippen LogP contribution in [-0.2, 0) is 20.6 Å². The van der Waals surface area contributed by atoms with Crippen molar-refractivity contribution in [2.24, 2.45) is 11.3 Å². The largest absolute Gasteiger partial charge is 0.481 e. The number of aliphatic hydroxyl groups is 1. The number of carboxylic acids is 2. The van der Waals surface area contributed by atoms with Crippen LogP contribution < -0.4 is 0 Å². The van der Waals surface area contributed by atoms with Gasteiger partial charge in [-0.25, -0.2) is 4.79 Å². The van der Waals surface area contributed by atoms with Gasteiger partial charge in [0.2, 0.25) is 0 Å². The Bertz CT molecular complexity index is 669. The van der Waals surface area contributed by atoms with Crippen LogP contribution in [0, 0.1) is 11.3 Å². The summed E-state index contributed by atoms with van der Waals surface area (Å²) in [6.45, 7) is 3.45. The topological polar surface area (TPSA) is 94.8 Å². The molecular weight excluding hydrogens is 284 g/mol. The van der Waals surface area contributed by atoms with Gasteiger partial charge >= 0.3 is 11.9 Å². The molecule has 5 nitrogen and oxygen atoms in total. The fourth-order valence-corrected chi connectivity index (χ4v) is 4.96. The second-order valence-electron chi connectivity index (χ2n) is 7.04. The Labute approximate surface area is 128 Å². The number of hydrogen-bond acceptors (Lipinski definition) is 3. The van der Waals surface area contributed by atoms with E-state index in [4.69, 9.17) is 0 Å². The lowest BCUT2D eigenvalue weighted by Gasteiger charge is -2.50. The summed E-state index contributed by atoms with van der Waals surface area (Å²) in [6.07, 6.45) is 1.74. The van der Waals surface area contributed by atoms with Crippen LogP contribution in [0.5, 0.6) is 0 Å². The van der Waals surface area contributed by atoms with Crippen LogP contribution in [0.4, 0.5) is 0 Å². The minimum Gasteiger partial charge on any atom is -0.481 e. The van der Waals surface area contributed by atoms with E-state index in [1.807, 2.05) is 13.0 Å². The van der Waals surface area contributed by atoms with E-state index >= 15 is 0 Å². The van der Waals surface area contributed by atoms with Crippen molar-refractivity contribution in [3.63, 3.8) is 0 Å². The highest BCUT2D eigenvalue weighted by atomic mass is 16.4. The summed E-state index contributed by atoms with van der Waals surface area (Å²) in [5, 5.41) is 30.6. The molecule has 0 aromatic heterocycles. The van der Waals surface area contributed by atoms with Crippen molar-refractivity contribution < 1.29 is 24.9 Å². The second-order valence-corrected chi connectivity index (χ2v) is 7.04. The number of aliphatic carboxylic acids is 2. The number of rotatable bonds is 2. The van der Waals surface area contributed by atoms with Crippen LogP contribution in [0.1, 0.15) is 44.2 Å². The van der Waals surface area contributed by atoms with Crippen molar-refractivity contribution >= 4 is 11.9 Å². The molecule has 5 heteroatoms. The molecule has 0 amide bonds. The van der Waals surface area contributed by atoms with Gasteiger partial charge in [-0.3, -0.25) is 4.79 Å². The molecule has 0 aliphatic heterocycles. The van der Waals surface area contributed by atoms with Crippen LogP contribution in [-0.4, -0.2) is 27.3 Å². The first-order valence-corrected chi connectivity index (χ1v) is 7.48. The molecule has 0 spiro atoms. The lowest BCUT2D eigenvalue weighted by molar-refractivity contribution is -0.189. The average molecular weight is 304 g/mol. The third-order valence-electron chi connectivity index (χ3n) is 5.85. The van der Waals surface area contributed by atoms with E-state index in [1.54, 1.807) is 25.1 Å². The third kappa shape index (κ3) is 1.52. The number of benzene rings is 1. The second kappa shape index (κ2) is 4.32. The van der Waals surface area contributed by atoms with E-state index in [0.29, 0.717) is 24.8 Å². The molecule has 22 heavy (non-hydrogen) atoms. The molecule has 3 rings (SSSR count). The SMILES string of the molecule is C[C@@]1(C(=O)O)CCC[C@@]2(C)c3ccccc3[C@](O)(C(=O)O)[C@@H]12. The van der Waals surface area contributed by atoms with Crippen molar-refractivity contribution in [2.75, 3.05) is 0 Å². The molecule has 0 radical (unpaired) electrons. The van der Waals surface area contributed by atoms with Gasteiger partial charge < -0.3 is 15.3 Å². The zero-order valence-electron chi connectivity index (χ0n) is 12.7. The van der Waals surface area contributed by atoms with E-state index in [2.05, 4.69) is 0 Å². The van der Waals surface area contributed by atoms with Gasteiger partial charge in [-0.15, -0.1) is 0 Å².